The smallest absolute Gasteiger partial charge is 0.193 e. The highest BCUT2D eigenvalue weighted by atomic mass is 127. The number of nitrogens with one attached hydrogen (secondary N) is 1. The van der Waals surface area contributed by atoms with Crippen molar-refractivity contribution in [1.82, 2.24) is 10.2 Å². The van der Waals surface area contributed by atoms with E-state index >= 15 is 0 Å². The van der Waals surface area contributed by atoms with E-state index in [9.17, 15) is 4.39 Å². The molecule has 0 radical (unpaired) electrons. The lowest BCUT2D eigenvalue weighted by Gasteiger charge is -2.24. The van der Waals surface area contributed by atoms with Gasteiger partial charge in [-0.2, -0.15) is 0 Å². The summed E-state index contributed by atoms with van der Waals surface area (Å²) in [5.41, 5.74) is 0.932. The van der Waals surface area contributed by atoms with Crippen molar-refractivity contribution in [1.29, 1.82) is 0 Å². The van der Waals surface area contributed by atoms with Crippen LogP contribution in [0.3, 0.4) is 0 Å². The first-order valence-corrected chi connectivity index (χ1v) is 7.43. The third-order valence-electron chi connectivity index (χ3n) is 3.45. The second kappa shape index (κ2) is 12.3. The second-order valence-corrected chi connectivity index (χ2v) is 5.06. The molecular formula is C17H27FIN3O. The topological polar surface area (TPSA) is 36.9 Å². The van der Waals surface area contributed by atoms with E-state index in [1.54, 1.807) is 26.3 Å². The molecule has 130 valence electrons. The molecule has 0 aliphatic rings. The molecule has 1 rings (SSSR count). The van der Waals surface area contributed by atoms with Crippen LogP contribution in [0, 0.1) is 5.82 Å². The van der Waals surface area contributed by atoms with Gasteiger partial charge in [0.15, 0.2) is 5.96 Å². The average Bonchev–Trinajstić information content (AvgIpc) is 2.53. The fourth-order valence-electron chi connectivity index (χ4n) is 2.16. The number of guanidine groups is 1. The molecule has 0 aliphatic heterocycles. The SMILES string of the molecule is C=CCCCN(C)C(=NC)NCC(OC)c1ccc(F)cc1.I. The highest BCUT2D eigenvalue weighted by Gasteiger charge is 2.13. The van der Waals surface area contributed by atoms with Crippen LogP contribution in [0.15, 0.2) is 41.9 Å². The lowest BCUT2D eigenvalue weighted by molar-refractivity contribution is 0.106. The van der Waals surface area contributed by atoms with Gasteiger partial charge in [-0.3, -0.25) is 4.99 Å². The van der Waals surface area contributed by atoms with Crippen LogP contribution in [0.1, 0.15) is 24.5 Å². The van der Waals surface area contributed by atoms with E-state index in [-0.39, 0.29) is 35.9 Å². The van der Waals surface area contributed by atoms with Crippen molar-refractivity contribution in [2.45, 2.75) is 18.9 Å². The third-order valence-corrected chi connectivity index (χ3v) is 3.45. The number of hydrogen-bond donors (Lipinski definition) is 1. The van der Waals surface area contributed by atoms with Crippen LogP contribution < -0.4 is 5.32 Å². The van der Waals surface area contributed by atoms with Gasteiger partial charge in [-0.05, 0) is 30.5 Å². The zero-order valence-corrected chi connectivity index (χ0v) is 16.4. The lowest BCUT2D eigenvalue weighted by atomic mass is 10.1. The number of halogens is 2. The molecule has 4 nitrogen and oxygen atoms in total. The molecule has 0 aliphatic carbocycles. The van der Waals surface area contributed by atoms with Crippen LogP contribution in [-0.4, -0.2) is 45.2 Å². The van der Waals surface area contributed by atoms with E-state index < -0.39 is 0 Å². The maximum Gasteiger partial charge on any atom is 0.193 e. The number of aliphatic imine (C=N–C) groups is 1. The molecule has 23 heavy (non-hydrogen) atoms. The molecule has 0 saturated carbocycles. The van der Waals surface area contributed by atoms with Crippen molar-refractivity contribution < 1.29 is 9.13 Å². The van der Waals surface area contributed by atoms with Crippen LogP contribution in [0.25, 0.3) is 0 Å². The van der Waals surface area contributed by atoms with Gasteiger partial charge in [-0.25, -0.2) is 4.39 Å². The fourth-order valence-corrected chi connectivity index (χ4v) is 2.16. The number of rotatable bonds is 8. The van der Waals surface area contributed by atoms with E-state index in [2.05, 4.69) is 21.8 Å². The summed E-state index contributed by atoms with van der Waals surface area (Å²) in [7, 11) is 5.40. The molecule has 0 saturated heterocycles. The first-order valence-electron chi connectivity index (χ1n) is 7.43. The van der Waals surface area contributed by atoms with Gasteiger partial charge >= 0.3 is 0 Å². The minimum Gasteiger partial charge on any atom is -0.375 e. The second-order valence-electron chi connectivity index (χ2n) is 5.06. The number of ether oxygens (including phenoxy) is 1. The molecular weight excluding hydrogens is 408 g/mol. The number of allylic oxidation sites excluding steroid dienone is 1. The summed E-state index contributed by atoms with van der Waals surface area (Å²) in [6, 6.07) is 6.36. The van der Waals surface area contributed by atoms with Gasteiger partial charge in [0.25, 0.3) is 0 Å². The first kappa shape index (κ1) is 21.9. The van der Waals surface area contributed by atoms with E-state index in [4.69, 9.17) is 4.74 Å². The standard InChI is InChI=1S/C17H26FN3O.HI/c1-5-6-7-12-21(3)17(19-2)20-13-16(22-4)14-8-10-15(18)11-9-14;/h5,8-11,16H,1,6-7,12-13H2,2-4H3,(H,19,20);1H. The Labute approximate surface area is 155 Å². The van der Waals surface area contributed by atoms with E-state index in [1.165, 1.54) is 12.1 Å². The Hall–Kier alpha value is -1.15. The van der Waals surface area contributed by atoms with Gasteiger partial charge in [-0.1, -0.05) is 18.2 Å². The summed E-state index contributed by atoms with van der Waals surface area (Å²) in [5.74, 6) is 0.567. The van der Waals surface area contributed by atoms with Crippen molar-refractivity contribution in [2.24, 2.45) is 4.99 Å². The first-order chi connectivity index (χ1) is 10.6. The summed E-state index contributed by atoms with van der Waals surface area (Å²) >= 11 is 0. The number of unbranched alkanes of at least 4 members (excludes halogenated alkanes) is 1. The molecule has 1 aromatic rings. The molecule has 0 bridgehead atoms. The fraction of sp³-hybridized carbons (Fsp3) is 0.471. The molecule has 0 fully saturated rings. The number of hydrogen-bond acceptors (Lipinski definition) is 2. The van der Waals surface area contributed by atoms with Gasteiger partial charge in [0.1, 0.15) is 5.82 Å². The summed E-state index contributed by atoms with van der Waals surface area (Å²) in [4.78, 5) is 6.34. The van der Waals surface area contributed by atoms with Gasteiger partial charge in [-0.15, -0.1) is 30.6 Å². The molecule has 6 heteroatoms. The highest BCUT2D eigenvalue weighted by Crippen LogP contribution is 2.16. The van der Waals surface area contributed by atoms with Crippen LogP contribution in [0.4, 0.5) is 4.39 Å². The zero-order chi connectivity index (χ0) is 16.4. The largest absolute Gasteiger partial charge is 0.375 e. The predicted molar refractivity (Wildman–Crippen MR) is 105 cm³/mol. The van der Waals surface area contributed by atoms with Crippen molar-refractivity contribution in [3.8, 4) is 0 Å². The molecule has 0 aromatic heterocycles. The van der Waals surface area contributed by atoms with Gasteiger partial charge in [0, 0.05) is 34.3 Å². The predicted octanol–water partition coefficient (Wildman–Crippen LogP) is 3.60. The number of nitrogens with zero attached hydrogens (tertiary/aromatic N) is 2. The Morgan fingerprint density at radius 2 is 2.09 bits per heavy atom. The van der Waals surface area contributed by atoms with Crippen LogP contribution in [0.2, 0.25) is 0 Å². The molecule has 0 spiro atoms. The van der Waals surface area contributed by atoms with Crippen molar-refractivity contribution in [2.75, 3.05) is 34.3 Å². The van der Waals surface area contributed by atoms with Crippen molar-refractivity contribution in [3.63, 3.8) is 0 Å². The highest BCUT2D eigenvalue weighted by molar-refractivity contribution is 14.0. The van der Waals surface area contributed by atoms with Crippen molar-refractivity contribution >= 4 is 29.9 Å². The Bertz CT molecular complexity index is 479. The summed E-state index contributed by atoms with van der Waals surface area (Å²) < 4.78 is 18.5. The Balaban J connectivity index is 0.00000484. The molecule has 0 heterocycles. The molecule has 1 N–H and O–H groups in total. The quantitative estimate of drug-likeness (QED) is 0.223. The summed E-state index contributed by atoms with van der Waals surface area (Å²) in [6.45, 7) is 5.20. The Morgan fingerprint density at radius 3 is 2.61 bits per heavy atom. The van der Waals surface area contributed by atoms with Gasteiger partial charge in [0.05, 0.1) is 6.10 Å². The zero-order valence-electron chi connectivity index (χ0n) is 14.1. The van der Waals surface area contributed by atoms with Gasteiger partial charge < -0.3 is 15.0 Å². The van der Waals surface area contributed by atoms with Gasteiger partial charge in [0.2, 0.25) is 0 Å². The molecule has 0 amide bonds. The number of benzene rings is 1. The summed E-state index contributed by atoms with van der Waals surface area (Å²) in [6.07, 6.45) is 3.78. The minimum atomic E-state index is -0.246. The Kier molecular flexibility index (Phi) is 11.7. The van der Waals surface area contributed by atoms with Crippen molar-refractivity contribution in [3.05, 3.63) is 48.3 Å². The average molecular weight is 435 g/mol. The molecule has 1 atom stereocenters. The molecule has 1 unspecified atom stereocenters. The number of methoxy groups -OCH3 is 1. The monoisotopic (exact) mass is 435 g/mol. The third kappa shape index (κ3) is 7.78. The lowest BCUT2D eigenvalue weighted by Crippen LogP contribution is -2.41. The van der Waals surface area contributed by atoms with E-state index in [1.807, 2.05) is 13.1 Å². The Morgan fingerprint density at radius 1 is 1.43 bits per heavy atom. The van der Waals surface area contributed by atoms with Crippen LogP contribution >= 0.6 is 24.0 Å². The van der Waals surface area contributed by atoms with Crippen LogP contribution in [0.5, 0.6) is 0 Å². The molecule has 1 aromatic carbocycles. The normalized spacial score (nSPS) is 12.3. The van der Waals surface area contributed by atoms with E-state index in [0.29, 0.717) is 6.54 Å². The summed E-state index contributed by atoms with van der Waals surface area (Å²) in [5, 5.41) is 3.29. The van der Waals surface area contributed by atoms with E-state index in [0.717, 1.165) is 30.9 Å². The maximum absolute atomic E-state index is 13.0. The minimum absolute atomic E-state index is 0. The maximum atomic E-state index is 13.0. The van der Waals surface area contributed by atoms with Crippen LogP contribution in [-0.2, 0) is 4.74 Å².